The smallest absolute Gasteiger partial charge is 0.419 e. The van der Waals surface area contributed by atoms with Crippen LogP contribution in [0.4, 0.5) is 10.5 Å². The first kappa shape index (κ1) is 10.7. The van der Waals surface area contributed by atoms with Gasteiger partial charge in [-0.2, -0.15) is 0 Å². The lowest BCUT2D eigenvalue weighted by Gasteiger charge is -2.20. The molecule has 0 N–H and O–H groups in total. The van der Waals surface area contributed by atoms with Crippen molar-refractivity contribution in [3.8, 4) is 0 Å². The fraction of sp³-hybridized carbons (Fsp3) is 0.308. The zero-order valence-corrected chi connectivity index (χ0v) is 9.78. The van der Waals surface area contributed by atoms with Crippen LogP contribution in [0.1, 0.15) is 19.4 Å². The van der Waals surface area contributed by atoms with Crippen molar-refractivity contribution in [2.75, 3.05) is 4.90 Å². The Kier molecular flexibility index (Phi) is 2.26. The highest BCUT2D eigenvalue weighted by atomic mass is 16.6. The van der Waals surface area contributed by atoms with E-state index in [0.717, 1.165) is 11.3 Å². The molecular formula is C13H15NO2. The van der Waals surface area contributed by atoms with Gasteiger partial charge in [0.2, 0.25) is 0 Å². The summed E-state index contributed by atoms with van der Waals surface area (Å²) in [5.74, 6) is 0. The number of benzene rings is 1. The highest BCUT2D eigenvalue weighted by Gasteiger charge is 2.42. The predicted octanol–water partition coefficient (Wildman–Crippen LogP) is 3.24. The average molecular weight is 217 g/mol. The number of para-hydroxylation sites is 1. The second-order valence-electron chi connectivity index (χ2n) is 4.45. The zero-order chi connectivity index (χ0) is 11.9. The monoisotopic (exact) mass is 217 g/mol. The molecule has 0 radical (unpaired) electrons. The standard InChI is InChI=1S/C13H15NO2/c1-9-7-5-6-8-11(9)14-10(2)13(3,4)16-12(14)15/h5-8H,2H2,1,3-4H3. The molecule has 3 nitrogen and oxygen atoms in total. The van der Waals surface area contributed by atoms with Crippen molar-refractivity contribution < 1.29 is 9.53 Å². The van der Waals surface area contributed by atoms with E-state index in [4.69, 9.17) is 4.74 Å². The SMILES string of the molecule is C=C1N(c2ccccc2C)C(=O)OC1(C)C. The molecule has 1 aliphatic rings. The number of hydrogen-bond acceptors (Lipinski definition) is 2. The lowest BCUT2D eigenvalue weighted by molar-refractivity contribution is 0.0987. The van der Waals surface area contributed by atoms with Crippen LogP contribution < -0.4 is 4.90 Å². The topological polar surface area (TPSA) is 29.5 Å². The predicted molar refractivity (Wildman–Crippen MR) is 63.4 cm³/mol. The summed E-state index contributed by atoms with van der Waals surface area (Å²) >= 11 is 0. The Morgan fingerprint density at radius 1 is 1.31 bits per heavy atom. The minimum absolute atomic E-state index is 0.357. The van der Waals surface area contributed by atoms with Crippen molar-refractivity contribution >= 4 is 11.8 Å². The molecule has 0 unspecified atom stereocenters. The molecule has 1 heterocycles. The van der Waals surface area contributed by atoms with Crippen LogP contribution in [0.3, 0.4) is 0 Å². The van der Waals surface area contributed by atoms with E-state index >= 15 is 0 Å². The normalized spacial score (nSPS) is 18.8. The minimum atomic E-state index is -0.626. The fourth-order valence-corrected chi connectivity index (χ4v) is 1.76. The molecule has 0 atom stereocenters. The van der Waals surface area contributed by atoms with Gasteiger partial charge in [0.1, 0.15) is 5.60 Å². The van der Waals surface area contributed by atoms with E-state index < -0.39 is 5.60 Å². The lowest BCUT2D eigenvalue weighted by Crippen LogP contribution is -2.25. The zero-order valence-electron chi connectivity index (χ0n) is 9.78. The molecule has 1 aromatic rings. The molecular weight excluding hydrogens is 202 g/mol. The second kappa shape index (κ2) is 3.37. The molecule has 1 aliphatic heterocycles. The van der Waals surface area contributed by atoms with Gasteiger partial charge in [0, 0.05) is 0 Å². The van der Waals surface area contributed by atoms with Gasteiger partial charge in [-0.3, -0.25) is 0 Å². The van der Waals surface area contributed by atoms with Crippen LogP contribution in [0, 0.1) is 6.92 Å². The number of amides is 1. The molecule has 1 fully saturated rings. The Bertz CT molecular complexity index is 463. The number of ether oxygens (including phenoxy) is 1. The summed E-state index contributed by atoms with van der Waals surface area (Å²) < 4.78 is 5.27. The maximum Gasteiger partial charge on any atom is 0.419 e. The van der Waals surface area contributed by atoms with Gasteiger partial charge in [-0.15, -0.1) is 0 Å². The maximum absolute atomic E-state index is 11.8. The molecule has 0 saturated carbocycles. The first-order valence-electron chi connectivity index (χ1n) is 5.21. The number of anilines is 1. The second-order valence-corrected chi connectivity index (χ2v) is 4.45. The number of nitrogens with zero attached hydrogens (tertiary/aromatic N) is 1. The van der Waals surface area contributed by atoms with E-state index in [1.54, 1.807) is 0 Å². The molecule has 1 amide bonds. The van der Waals surface area contributed by atoms with Crippen LogP contribution in [0.5, 0.6) is 0 Å². The van der Waals surface area contributed by atoms with Gasteiger partial charge < -0.3 is 4.74 Å². The Morgan fingerprint density at radius 2 is 1.94 bits per heavy atom. The molecule has 1 saturated heterocycles. The molecule has 2 rings (SSSR count). The van der Waals surface area contributed by atoms with Gasteiger partial charge in [-0.25, -0.2) is 9.69 Å². The van der Waals surface area contributed by atoms with Crippen molar-refractivity contribution in [1.29, 1.82) is 0 Å². The van der Waals surface area contributed by atoms with Gasteiger partial charge in [0.25, 0.3) is 0 Å². The van der Waals surface area contributed by atoms with Crippen LogP contribution >= 0.6 is 0 Å². The molecule has 0 aliphatic carbocycles. The third-order valence-electron chi connectivity index (χ3n) is 2.85. The van der Waals surface area contributed by atoms with Gasteiger partial charge in [0.15, 0.2) is 0 Å². The minimum Gasteiger partial charge on any atom is -0.436 e. The fourth-order valence-electron chi connectivity index (χ4n) is 1.76. The van der Waals surface area contributed by atoms with Crippen molar-refractivity contribution in [2.45, 2.75) is 26.4 Å². The number of carbonyl (C=O) groups is 1. The maximum atomic E-state index is 11.8. The number of aryl methyl sites for hydroxylation is 1. The van der Waals surface area contributed by atoms with Crippen LogP contribution in [0.25, 0.3) is 0 Å². The Balaban J connectivity index is 2.47. The summed E-state index contributed by atoms with van der Waals surface area (Å²) in [6, 6.07) is 7.69. The highest BCUT2D eigenvalue weighted by molar-refractivity contribution is 5.95. The van der Waals surface area contributed by atoms with E-state index in [9.17, 15) is 4.79 Å². The van der Waals surface area contributed by atoms with E-state index in [-0.39, 0.29) is 6.09 Å². The van der Waals surface area contributed by atoms with Crippen LogP contribution in [0.15, 0.2) is 36.5 Å². The summed E-state index contributed by atoms with van der Waals surface area (Å²) in [7, 11) is 0. The van der Waals surface area contributed by atoms with Crippen molar-refractivity contribution in [3.05, 3.63) is 42.1 Å². The summed E-state index contributed by atoms with van der Waals surface area (Å²) in [4.78, 5) is 13.3. The summed E-state index contributed by atoms with van der Waals surface area (Å²) in [5.41, 5.74) is 1.91. The summed E-state index contributed by atoms with van der Waals surface area (Å²) in [6.45, 7) is 9.57. The quantitative estimate of drug-likeness (QED) is 0.722. The van der Waals surface area contributed by atoms with Gasteiger partial charge in [0.05, 0.1) is 11.4 Å². The Hall–Kier alpha value is -1.77. The molecule has 3 heteroatoms. The van der Waals surface area contributed by atoms with Gasteiger partial charge in [-0.05, 0) is 32.4 Å². The van der Waals surface area contributed by atoms with E-state index in [1.165, 1.54) is 4.90 Å². The van der Waals surface area contributed by atoms with E-state index in [0.29, 0.717) is 5.70 Å². The first-order valence-corrected chi connectivity index (χ1v) is 5.21. The molecule has 84 valence electrons. The van der Waals surface area contributed by atoms with Crippen molar-refractivity contribution in [2.24, 2.45) is 0 Å². The van der Waals surface area contributed by atoms with Gasteiger partial charge >= 0.3 is 6.09 Å². The van der Waals surface area contributed by atoms with Crippen LogP contribution in [-0.4, -0.2) is 11.7 Å². The summed E-state index contributed by atoms with van der Waals surface area (Å²) in [5, 5.41) is 0. The number of hydrogen-bond donors (Lipinski definition) is 0. The number of cyclic esters (lactones) is 1. The number of carbonyl (C=O) groups excluding carboxylic acids is 1. The summed E-state index contributed by atoms with van der Waals surface area (Å²) in [6.07, 6.45) is -0.357. The molecule has 1 aromatic carbocycles. The lowest BCUT2D eigenvalue weighted by atomic mass is 10.1. The van der Waals surface area contributed by atoms with E-state index in [2.05, 4.69) is 6.58 Å². The highest BCUT2D eigenvalue weighted by Crippen LogP contribution is 2.36. The molecule has 0 bridgehead atoms. The van der Waals surface area contributed by atoms with Crippen LogP contribution in [0.2, 0.25) is 0 Å². The van der Waals surface area contributed by atoms with E-state index in [1.807, 2.05) is 45.0 Å². The Labute approximate surface area is 95.3 Å². The molecule has 16 heavy (non-hydrogen) atoms. The average Bonchev–Trinajstić information content (AvgIpc) is 2.39. The molecule has 0 spiro atoms. The first-order chi connectivity index (χ1) is 7.43. The Morgan fingerprint density at radius 3 is 2.44 bits per heavy atom. The third kappa shape index (κ3) is 1.48. The largest absolute Gasteiger partial charge is 0.436 e. The number of rotatable bonds is 1. The molecule has 0 aromatic heterocycles. The third-order valence-corrected chi connectivity index (χ3v) is 2.85. The van der Waals surface area contributed by atoms with Crippen molar-refractivity contribution in [3.63, 3.8) is 0 Å². The van der Waals surface area contributed by atoms with Crippen molar-refractivity contribution in [1.82, 2.24) is 0 Å². The van der Waals surface area contributed by atoms with Crippen LogP contribution in [-0.2, 0) is 4.74 Å². The van der Waals surface area contributed by atoms with Gasteiger partial charge in [-0.1, -0.05) is 24.8 Å².